The minimum atomic E-state index is 0.278. The number of carbonyl (C=O) groups excluding carboxylic acids is 1. The van der Waals surface area contributed by atoms with Crippen LogP contribution < -0.4 is 0 Å². The van der Waals surface area contributed by atoms with Crippen molar-refractivity contribution in [2.45, 2.75) is 40.0 Å². The zero-order valence-corrected chi connectivity index (χ0v) is 9.18. The number of carbonyl (C=O) groups is 1. The van der Waals surface area contributed by atoms with Gasteiger partial charge < -0.3 is 4.90 Å². The third kappa shape index (κ3) is 5.67. The Morgan fingerprint density at radius 3 is 2.46 bits per heavy atom. The van der Waals surface area contributed by atoms with Crippen molar-refractivity contribution in [3.05, 3.63) is 6.92 Å². The highest BCUT2D eigenvalue weighted by Crippen LogP contribution is 2.03. The van der Waals surface area contributed by atoms with Gasteiger partial charge in [0.05, 0.1) is 0 Å². The molecule has 0 aromatic carbocycles. The summed E-state index contributed by atoms with van der Waals surface area (Å²) in [6.45, 7) is 11.7. The van der Waals surface area contributed by atoms with Crippen molar-refractivity contribution in [3.63, 3.8) is 0 Å². The Hall–Kier alpha value is -0.530. The first-order valence-corrected chi connectivity index (χ1v) is 5.18. The van der Waals surface area contributed by atoms with Gasteiger partial charge >= 0.3 is 0 Å². The topological polar surface area (TPSA) is 20.3 Å². The van der Waals surface area contributed by atoms with Gasteiger partial charge in [0, 0.05) is 19.5 Å². The quantitative estimate of drug-likeness (QED) is 0.621. The molecule has 77 valence electrons. The Balaban J connectivity index is 3.85. The molecule has 1 radical (unpaired) electrons. The van der Waals surface area contributed by atoms with Crippen molar-refractivity contribution in [1.29, 1.82) is 0 Å². The smallest absolute Gasteiger partial charge is 0.222 e. The predicted octanol–water partition coefficient (Wildman–Crippen LogP) is 2.50. The van der Waals surface area contributed by atoms with E-state index in [4.69, 9.17) is 0 Å². The fourth-order valence-electron chi connectivity index (χ4n) is 1.28. The van der Waals surface area contributed by atoms with Crippen molar-refractivity contribution in [2.75, 3.05) is 13.1 Å². The minimum absolute atomic E-state index is 0.278. The average Bonchev–Trinajstić information content (AvgIpc) is 2.09. The van der Waals surface area contributed by atoms with Crippen molar-refractivity contribution < 1.29 is 4.79 Å². The molecule has 0 bridgehead atoms. The van der Waals surface area contributed by atoms with Crippen LogP contribution in [0.5, 0.6) is 0 Å². The Kier molecular flexibility index (Phi) is 6.65. The number of amides is 1. The Morgan fingerprint density at radius 2 is 2.08 bits per heavy atom. The summed E-state index contributed by atoms with van der Waals surface area (Å²) in [5.41, 5.74) is 0. The second kappa shape index (κ2) is 6.93. The van der Waals surface area contributed by atoms with Crippen LogP contribution >= 0.6 is 0 Å². The Labute approximate surface area is 82.3 Å². The third-order valence-corrected chi connectivity index (χ3v) is 1.96. The van der Waals surface area contributed by atoms with E-state index in [2.05, 4.69) is 20.8 Å². The molecule has 13 heavy (non-hydrogen) atoms. The highest BCUT2D eigenvalue weighted by atomic mass is 16.2. The van der Waals surface area contributed by atoms with Crippen LogP contribution in [0.2, 0.25) is 0 Å². The first kappa shape index (κ1) is 12.5. The Morgan fingerprint density at radius 1 is 1.46 bits per heavy atom. The van der Waals surface area contributed by atoms with Crippen LogP contribution in [-0.4, -0.2) is 23.9 Å². The fourth-order valence-corrected chi connectivity index (χ4v) is 1.28. The molecule has 1 amide bonds. The zero-order chi connectivity index (χ0) is 10.3. The standard InChI is InChI=1S/C11H22NO/c1-5-7-8-11(13)12(6-2)9-10(3)4/h10H,1,5-9H2,2-4H3. The summed E-state index contributed by atoms with van der Waals surface area (Å²) in [6.07, 6.45) is 2.42. The van der Waals surface area contributed by atoms with Gasteiger partial charge in [-0.1, -0.05) is 27.2 Å². The molecule has 0 spiro atoms. The molecule has 0 aliphatic heterocycles. The van der Waals surface area contributed by atoms with Gasteiger partial charge in [0.25, 0.3) is 0 Å². The van der Waals surface area contributed by atoms with Crippen LogP contribution in [0, 0.1) is 12.8 Å². The summed E-state index contributed by atoms with van der Waals surface area (Å²) < 4.78 is 0. The average molecular weight is 184 g/mol. The van der Waals surface area contributed by atoms with Crippen LogP contribution in [0.25, 0.3) is 0 Å². The highest BCUT2D eigenvalue weighted by Gasteiger charge is 2.11. The van der Waals surface area contributed by atoms with Gasteiger partial charge in [0.15, 0.2) is 0 Å². The minimum Gasteiger partial charge on any atom is -0.343 e. The van der Waals surface area contributed by atoms with Crippen molar-refractivity contribution in [1.82, 2.24) is 4.90 Å². The summed E-state index contributed by atoms with van der Waals surface area (Å²) in [5, 5.41) is 0. The lowest BCUT2D eigenvalue weighted by molar-refractivity contribution is -0.131. The van der Waals surface area contributed by atoms with Gasteiger partial charge in [0.2, 0.25) is 5.91 Å². The van der Waals surface area contributed by atoms with Gasteiger partial charge in [-0.2, -0.15) is 0 Å². The molecule has 0 fully saturated rings. The summed E-state index contributed by atoms with van der Waals surface area (Å²) in [5.74, 6) is 0.837. The van der Waals surface area contributed by atoms with Crippen molar-refractivity contribution >= 4 is 5.91 Å². The lowest BCUT2D eigenvalue weighted by Gasteiger charge is -2.22. The maximum atomic E-state index is 11.6. The van der Waals surface area contributed by atoms with Crippen molar-refractivity contribution in [2.24, 2.45) is 5.92 Å². The van der Waals surface area contributed by atoms with E-state index in [1.165, 1.54) is 0 Å². The molecule has 0 aromatic rings. The normalized spacial score (nSPS) is 10.5. The Bertz CT molecular complexity index is 143. The molecule has 0 N–H and O–H groups in total. The molecule has 0 aliphatic rings. The highest BCUT2D eigenvalue weighted by molar-refractivity contribution is 5.76. The number of unbranched alkanes of at least 4 members (excludes halogenated alkanes) is 1. The SMILES string of the molecule is [CH2]CCCC(=O)N(CC)CC(C)C. The molecule has 0 rings (SSSR count). The van der Waals surface area contributed by atoms with Crippen LogP contribution in [0.15, 0.2) is 0 Å². The third-order valence-electron chi connectivity index (χ3n) is 1.96. The van der Waals surface area contributed by atoms with E-state index in [1.54, 1.807) is 0 Å². The second-order valence-corrected chi connectivity index (χ2v) is 3.78. The molecule has 2 nitrogen and oxygen atoms in total. The molecular formula is C11H22NO. The first-order chi connectivity index (χ1) is 6.11. The molecule has 0 saturated heterocycles. The van der Waals surface area contributed by atoms with E-state index in [0.717, 1.165) is 25.9 Å². The lowest BCUT2D eigenvalue weighted by atomic mass is 10.2. The molecule has 0 aromatic heterocycles. The van der Waals surface area contributed by atoms with E-state index in [0.29, 0.717) is 12.3 Å². The van der Waals surface area contributed by atoms with Gasteiger partial charge in [-0.25, -0.2) is 0 Å². The van der Waals surface area contributed by atoms with Crippen molar-refractivity contribution in [3.8, 4) is 0 Å². The summed E-state index contributed by atoms with van der Waals surface area (Å²) in [6, 6.07) is 0. The first-order valence-electron chi connectivity index (χ1n) is 5.18. The van der Waals surface area contributed by atoms with Gasteiger partial charge in [-0.3, -0.25) is 4.79 Å². The van der Waals surface area contributed by atoms with E-state index >= 15 is 0 Å². The molecule has 0 heterocycles. The summed E-state index contributed by atoms with van der Waals surface area (Å²) >= 11 is 0. The number of hydrogen-bond acceptors (Lipinski definition) is 1. The molecule has 0 aliphatic carbocycles. The van der Waals surface area contributed by atoms with Gasteiger partial charge in [-0.15, -0.1) is 0 Å². The largest absolute Gasteiger partial charge is 0.343 e. The van der Waals surface area contributed by atoms with Crippen LogP contribution in [-0.2, 0) is 4.79 Å². The van der Waals surface area contributed by atoms with Crippen LogP contribution in [0.1, 0.15) is 40.0 Å². The van der Waals surface area contributed by atoms with Gasteiger partial charge in [0.1, 0.15) is 0 Å². The fraction of sp³-hybridized carbons (Fsp3) is 0.818. The predicted molar refractivity (Wildman–Crippen MR) is 56.3 cm³/mol. The monoisotopic (exact) mass is 184 g/mol. The maximum absolute atomic E-state index is 11.6. The molecule has 0 atom stereocenters. The van der Waals surface area contributed by atoms with E-state index in [9.17, 15) is 4.79 Å². The number of rotatable bonds is 6. The van der Waals surface area contributed by atoms with E-state index in [1.807, 2.05) is 11.8 Å². The molecule has 2 heteroatoms. The maximum Gasteiger partial charge on any atom is 0.222 e. The van der Waals surface area contributed by atoms with E-state index in [-0.39, 0.29) is 5.91 Å². The number of hydrogen-bond donors (Lipinski definition) is 0. The summed E-state index contributed by atoms with van der Waals surface area (Å²) in [4.78, 5) is 13.5. The van der Waals surface area contributed by atoms with Crippen LogP contribution in [0.4, 0.5) is 0 Å². The molecular weight excluding hydrogens is 162 g/mol. The zero-order valence-electron chi connectivity index (χ0n) is 9.18. The van der Waals surface area contributed by atoms with Gasteiger partial charge in [-0.05, 0) is 19.3 Å². The lowest BCUT2D eigenvalue weighted by Crippen LogP contribution is -2.33. The number of nitrogens with zero attached hydrogens (tertiary/aromatic N) is 1. The summed E-state index contributed by atoms with van der Waals surface area (Å²) in [7, 11) is 0. The molecule has 0 saturated carbocycles. The second-order valence-electron chi connectivity index (χ2n) is 3.78. The molecule has 0 unspecified atom stereocenters. The van der Waals surface area contributed by atoms with E-state index < -0.39 is 0 Å². The van der Waals surface area contributed by atoms with Crippen LogP contribution in [0.3, 0.4) is 0 Å².